The lowest BCUT2D eigenvalue weighted by atomic mass is 9.80. The molecule has 2 nitrogen and oxygen atoms in total. The molecule has 4 heteroatoms. The molecular weight excluding hydrogens is 362 g/mol. The molecule has 2 rings (SSSR count). The first kappa shape index (κ1) is 15.8. The fourth-order valence-corrected chi connectivity index (χ4v) is 2.25. The van der Waals surface area contributed by atoms with Gasteiger partial charge in [0.05, 0.1) is 11.2 Å². The lowest BCUT2D eigenvalue weighted by molar-refractivity contribution is 0.00578. The van der Waals surface area contributed by atoms with Crippen LogP contribution in [0.15, 0.2) is 48.5 Å². The molecule has 0 aromatic heterocycles. The highest BCUT2D eigenvalue weighted by Crippen LogP contribution is 2.36. The summed E-state index contributed by atoms with van der Waals surface area (Å²) in [5.41, 5.74) is 0.403. The second-order valence-corrected chi connectivity index (χ2v) is 7.16. The zero-order valence-corrected chi connectivity index (χ0v) is 14.5. The van der Waals surface area contributed by atoms with Gasteiger partial charge in [0.2, 0.25) is 0 Å². The summed E-state index contributed by atoms with van der Waals surface area (Å²) < 4.78 is 13.3. The van der Waals surface area contributed by atoms with Gasteiger partial charge < -0.3 is 9.31 Å². The van der Waals surface area contributed by atoms with Crippen LogP contribution in [-0.2, 0) is 9.31 Å². The van der Waals surface area contributed by atoms with Crippen LogP contribution in [0.5, 0.6) is 0 Å². The first-order chi connectivity index (χ1) is 9.32. The molecule has 0 atom stereocenters. The zero-order chi connectivity index (χ0) is 14.8. The molecule has 0 amide bonds. The smallest absolute Gasteiger partial charge is 0.399 e. The van der Waals surface area contributed by atoms with Crippen LogP contribution in [0, 0.1) is 3.57 Å². The second-order valence-electron chi connectivity index (χ2n) is 5.91. The van der Waals surface area contributed by atoms with Crippen molar-refractivity contribution in [3.63, 3.8) is 0 Å². The van der Waals surface area contributed by atoms with E-state index in [0.29, 0.717) is 0 Å². The van der Waals surface area contributed by atoms with Gasteiger partial charge >= 0.3 is 7.12 Å². The van der Waals surface area contributed by atoms with Gasteiger partial charge in [0.1, 0.15) is 0 Å². The molecule has 1 aromatic carbocycles. The number of rotatable bonds is 1. The highest BCUT2D eigenvalue weighted by molar-refractivity contribution is 14.1. The Bertz CT molecular complexity index is 526. The van der Waals surface area contributed by atoms with Crippen LogP contribution in [-0.4, -0.2) is 18.3 Å². The van der Waals surface area contributed by atoms with E-state index in [1.54, 1.807) is 0 Å². The monoisotopic (exact) mass is 382 g/mol. The maximum atomic E-state index is 6.09. The van der Waals surface area contributed by atoms with Crippen LogP contribution in [0.2, 0.25) is 0 Å². The van der Waals surface area contributed by atoms with Gasteiger partial charge in [-0.1, -0.05) is 36.4 Å². The summed E-state index contributed by atoms with van der Waals surface area (Å²) in [6.45, 7) is 8.28. The largest absolute Gasteiger partial charge is 0.494 e. The third-order valence-corrected chi connectivity index (χ3v) is 4.56. The number of hydrogen-bond acceptors (Lipinski definition) is 2. The van der Waals surface area contributed by atoms with Gasteiger partial charge in [0, 0.05) is 3.57 Å². The summed E-state index contributed by atoms with van der Waals surface area (Å²) in [5, 5.41) is 0. The quantitative estimate of drug-likeness (QED) is 0.545. The van der Waals surface area contributed by atoms with Crippen molar-refractivity contribution >= 4 is 35.2 Å². The predicted molar refractivity (Wildman–Crippen MR) is 92.5 cm³/mol. The van der Waals surface area contributed by atoms with Crippen molar-refractivity contribution in [3.05, 3.63) is 52.1 Å². The number of hydrogen-bond donors (Lipinski definition) is 0. The molecule has 0 aliphatic carbocycles. The van der Waals surface area contributed by atoms with Crippen molar-refractivity contribution in [1.82, 2.24) is 0 Å². The molecule has 106 valence electrons. The molecule has 0 radical (unpaired) electrons. The van der Waals surface area contributed by atoms with Crippen molar-refractivity contribution in [2.24, 2.45) is 0 Å². The maximum absolute atomic E-state index is 6.09. The lowest BCUT2D eigenvalue weighted by Crippen LogP contribution is -2.41. The third kappa shape index (κ3) is 3.54. The van der Waals surface area contributed by atoms with Crippen LogP contribution in [0.4, 0.5) is 0 Å². The van der Waals surface area contributed by atoms with Gasteiger partial charge in [-0.25, -0.2) is 0 Å². The minimum Gasteiger partial charge on any atom is -0.399 e. The van der Waals surface area contributed by atoms with Crippen LogP contribution >= 0.6 is 22.6 Å². The van der Waals surface area contributed by atoms with Gasteiger partial charge in [-0.3, -0.25) is 0 Å². The van der Waals surface area contributed by atoms with Crippen LogP contribution in [0.25, 0.3) is 0 Å². The normalized spacial score (nSPS) is 19.6. The minimum atomic E-state index is -0.325. The standard InChI is InChI=1S/C16H20BIO2/c1-15(2)16(3,4)20-17(19-15)13-9-7-5-6-8-10-14(18)12-11-13/h5-12H,1-4H3. The molecule has 1 aliphatic rings. The molecule has 0 N–H and O–H groups in total. The van der Waals surface area contributed by atoms with Gasteiger partial charge in [-0.15, -0.1) is 0 Å². The molecule has 1 aliphatic heterocycles. The van der Waals surface area contributed by atoms with E-state index in [9.17, 15) is 0 Å². The van der Waals surface area contributed by atoms with E-state index < -0.39 is 0 Å². The highest BCUT2D eigenvalue weighted by Gasteiger charge is 2.51. The first-order valence-electron chi connectivity index (χ1n) is 6.76. The Morgan fingerprint density at radius 3 is 1.95 bits per heavy atom. The lowest BCUT2D eigenvalue weighted by Gasteiger charge is -2.32. The number of halogens is 1. The molecule has 1 saturated heterocycles. The molecule has 1 aromatic rings. The summed E-state index contributed by atoms with van der Waals surface area (Å²) >= 11 is 2.31. The van der Waals surface area contributed by atoms with Gasteiger partial charge in [-0.2, -0.15) is 0 Å². The zero-order valence-electron chi connectivity index (χ0n) is 12.4. The van der Waals surface area contributed by atoms with E-state index >= 15 is 0 Å². The summed E-state index contributed by atoms with van der Waals surface area (Å²) in [7, 11) is -0.325. The molecule has 1 heterocycles. The molecule has 1 fully saturated rings. The van der Waals surface area contributed by atoms with E-state index in [0.717, 1.165) is 9.03 Å². The van der Waals surface area contributed by atoms with E-state index in [1.807, 2.05) is 30.3 Å². The van der Waals surface area contributed by atoms with E-state index in [1.165, 1.54) is 0 Å². The average Bonchev–Trinajstić information content (AvgIpc) is 2.57. The van der Waals surface area contributed by atoms with Gasteiger partial charge in [-0.05, 0) is 67.9 Å². The molecule has 0 unspecified atom stereocenters. The summed E-state index contributed by atoms with van der Waals surface area (Å²) in [4.78, 5) is 0. The molecule has 0 bridgehead atoms. The van der Waals surface area contributed by atoms with Crippen LogP contribution in [0.1, 0.15) is 27.7 Å². The molecule has 20 heavy (non-hydrogen) atoms. The van der Waals surface area contributed by atoms with Gasteiger partial charge in [0.25, 0.3) is 0 Å². The summed E-state index contributed by atoms with van der Waals surface area (Å²) in [6.07, 6.45) is 0. The fraction of sp³-hybridized carbons (Fsp3) is 0.375. The van der Waals surface area contributed by atoms with E-state index in [4.69, 9.17) is 9.31 Å². The molecule has 0 spiro atoms. The Kier molecular flexibility index (Phi) is 4.77. The van der Waals surface area contributed by atoms with Crippen molar-refractivity contribution in [2.45, 2.75) is 38.9 Å². The molecule has 0 saturated carbocycles. The van der Waals surface area contributed by atoms with Crippen molar-refractivity contribution < 1.29 is 9.31 Å². The van der Waals surface area contributed by atoms with Crippen LogP contribution in [0.3, 0.4) is 0 Å². The Labute approximate surface area is 135 Å². The average molecular weight is 382 g/mol. The Balaban J connectivity index is 2.39. The van der Waals surface area contributed by atoms with Gasteiger partial charge in [0.15, 0.2) is 0 Å². The topological polar surface area (TPSA) is 18.5 Å². The van der Waals surface area contributed by atoms with Crippen molar-refractivity contribution in [3.8, 4) is 0 Å². The summed E-state index contributed by atoms with van der Waals surface area (Å²) in [5.74, 6) is 0. The highest BCUT2D eigenvalue weighted by atomic mass is 127. The second kappa shape index (κ2) is 6.04. The third-order valence-electron chi connectivity index (χ3n) is 3.84. The maximum Gasteiger partial charge on any atom is 0.494 e. The Morgan fingerprint density at radius 1 is 0.800 bits per heavy atom. The molecular formula is C16H20BIO2. The Morgan fingerprint density at radius 2 is 1.35 bits per heavy atom. The fourth-order valence-electron chi connectivity index (χ4n) is 1.87. The van der Waals surface area contributed by atoms with E-state index in [2.05, 4.69) is 68.5 Å². The Hall–Kier alpha value is -0.585. The first-order valence-corrected chi connectivity index (χ1v) is 7.84. The van der Waals surface area contributed by atoms with Crippen molar-refractivity contribution in [2.75, 3.05) is 0 Å². The van der Waals surface area contributed by atoms with Crippen LogP contribution < -0.4 is 5.46 Å². The van der Waals surface area contributed by atoms with Crippen molar-refractivity contribution in [1.29, 1.82) is 0 Å². The minimum absolute atomic E-state index is 0.311. The predicted octanol–water partition coefficient (Wildman–Crippen LogP) is 3.71. The SMILES string of the molecule is CC1(C)OB(c2ccccccc(I)cc2)OC1(C)C. The van der Waals surface area contributed by atoms with E-state index in [-0.39, 0.29) is 18.3 Å². The summed E-state index contributed by atoms with van der Waals surface area (Å²) in [6, 6.07) is 16.3.